The van der Waals surface area contributed by atoms with Crippen LogP contribution in [-0.2, 0) is 4.79 Å². The number of rotatable bonds is 6. The molecule has 6 nitrogen and oxygen atoms in total. The summed E-state index contributed by atoms with van der Waals surface area (Å²) < 4.78 is 16.7. The molecule has 28 heavy (non-hydrogen) atoms. The molecule has 3 rings (SSSR count). The number of amides is 1. The summed E-state index contributed by atoms with van der Waals surface area (Å²) >= 11 is 13.4. The lowest BCUT2D eigenvalue weighted by molar-refractivity contribution is -0.111. The van der Waals surface area contributed by atoms with E-state index in [4.69, 9.17) is 37.4 Å². The molecule has 0 unspecified atom stereocenters. The first-order valence-corrected chi connectivity index (χ1v) is 9.57. The molecule has 0 fully saturated rings. The zero-order valence-corrected chi connectivity index (χ0v) is 17.5. The fourth-order valence-corrected chi connectivity index (χ4v) is 4.03. The van der Waals surface area contributed by atoms with Crippen LogP contribution in [0, 0.1) is 0 Å². The highest BCUT2D eigenvalue weighted by Crippen LogP contribution is 2.36. The molecule has 0 aliphatic heterocycles. The van der Waals surface area contributed by atoms with Crippen LogP contribution in [0.5, 0.6) is 17.2 Å². The number of nitrogens with zero attached hydrogens (tertiary/aromatic N) is 1. The van der Waals surface area contributed by atoms with Crippen LogP contribution in [0.25, 0.3) is 16.3 Å². The van der Waals surface area contributed by atoms with E-state index in [1.807, 2.05) is 6.07 Å². The lowest BCUT2D eigenvalue weighted by Crippen LogP contribution is -2.07. The van der Waals surface area contributed by atoms with E-state index in [1.165, 1.54) is 24.5 Å². The number of fused-ring (bicyclic) bond motifs is 1. The van der Waals surface area contributed by atoms with Crippen molar-refractivity contribution in [3.63, 3.8) is 0 Å². The van der Waals surface area contributed by atoms with Crippen LogP contribution in [-0.4, -0.2) is 32.2 Å². The van der Waals surface area contributed by atoms with Gasteiger partial charge in [-0.25, -0.2) is 4.98 Å². The summed E-state index contributed by atoms with van der Waals surface area (Å²) in [5.41, 5.74) is 1.24. The van der Waals surface area contributed by atoms with Crippen molar-refractivity contribution in [1.29, 1.82) is 0 Å². The Labute approximate surface area is 175 Å². The normalized spacial score (nSPS) is 11.0. The minimum absolute atomic E-state index is 0.358. The van der Waals surface area contributed by atoms with Gasteiger partial charge < -0.3 is 14.2 Å². The summed E-state index contributed by atoms with van der Waals surface area (Å²) in [6.07, 6.45) is 2.93. The molecule has 0 aliphatic carbocycles. The number of hydrogen-bond donors (Lipinski definition) is 1. The summed E-state index contributed by atoms with van der Waals surface area (Å²) in [5.74, 6) is 1.30. The lowest BCUT2D eigenvalue weighted by Gasteiger charge is -2.07. The van der Waals surface area contributed by atoms with Crippen molar-refractivity contribution in [1.82, 2.24) is 4.98 Å². The van der Waals surface area contributed by atoms with E-state index in [2.05, 4.69) is 10.3 Å². The molecule has 3 aromatic rings. The minimum Gasteiger partial charge on any atom is -0.497 e. The van der Waals surface area contributed by atoms with E-state index < -0.39 is 0 Å². The predicted molar refractivity (Wildman–Crippen MR) is 113 cm³/mol. The third-order valence-electron chi connectivity index (χ3n) is 3.77. The Morgan fingerprint density at radius 3 is 2.57 bits per heavy atom. The van der Waals surface area contributed by atoms with E-state index in [9.17, 15) is 4.79 Å². The fourth-order valence-electron chi connectivity index (χ4n) is 2.53. The number of methoxy groups -OCH3 is 3. The number of carbonyl (C=O) groups is 1. The first-order valence-electron chi connectivity index (χ1n) is 7.99. The molecular weight excluding hydrogens is 423 g/mol. The monoisotopic (exact) mass is 438 g/mol. The van der Waals surface area contributed by atoms with Crippen molar-refractivity contribution in [3.8, 4) is 17.2 Å². The average molecular weight is 439 g/mol. The summed E-state index contributed by atoms with van der Waals surface area (Å²) in [6, 6.07) is 6.80. The Kier molecular flexibility index (Phi) is 6.28. The Morgan fingerprint density at radius 2 is 1.89 bits per heavy atom. The van der Waals surface area contributed by atoms with Crippen molar-refractivity contribution in [2.45, 2.75) is 0 Å². The Bertz CT molecular complexity index is 1070. The van der Waals surface area contributed by atoms with Crippen LogP contribution >= 0.6 is 34.5 Å². The van der Waals surface area contributed by atoms with Gasteiger partial charge in [0, 0.05) is 22.7 Å². The molecule has 9 heteroatoms. The summed E-state index contributed by atoms with van der Waals surface area (Å²) in [5, 5.41) is 3.98. The highest BCUT2D eigenvalue weighted by Gasteiger charge is 2.13. The number of halogens is 2. The zero-order chi connectivity index (χ0) is 20.3. The highest BCUT2D eigenvalue weighted by atomic mass is 35.5. The average Bonchev–Trinajstić information content (AvgIpc) is 3.07. The minimum atomic E-state index is -0.358. The van der Waals surface area contributed by atoms with Gasteiger partial charge in [-0.05, 0) is 24.3 Å². The van der Waals surface area contributed by atoms with Gasteiger partial charge in [0.25, 0.3) is 0 Å². The van der Waals surface area contributed by atoms with Crippen LogP contribution in [0.2, 0.25) is 10.0 Å². The molecule has 0 saturated heterocycles. The van der Waals surface area contributed by atoms with E-state index >= 15 is 0 Å². The Balaban J connectivity index is 1.83. The van der Waals surface area contributed by atoms with Gasteiger partial charge >= 0.3 is 0 Å². The molecule has 0 saturated carbocycles. The molecule has 0 aliphatic rings. The first kappa shape index (κ1) is 20.3. The second kappa shape index (κ2) is 8.68. The van der Waals surface area contributed by atoms with E-state index in [-0.39, 0.29) is 5.91 Å². The highest BCUT2D eigenvalue weighted by molar-refractivity contribution is 7.22. The number of nitrogens with one attached hydrogen (secondary N) is 1. The summed E-state index contributed by atoms with van der Waals surface area (Å²) in [7, 11) is 4.62. The molecule has 1 aromatic heterocycles. The van der Waals surface area contributed by atoms with Crippen molar-refractivity contribution < 1.29 is 19.0 Å². The zero-order valence-electron chi connectivity index (χ0n) is 15.2. The number of ether oxygens (including phenoxy) is 3. The molecule has 1 N–H and O–H groups in total. The van der Waals surface area contributed by atoms with Crippen LogP contribution in [0.1, 0.15) is 5.56 Å². The van der Waals surface area contributed by atoms with Gasteiger partial charge in [-0.3, -0.25) is 10.1 Å². The largest absolute Gasteiger partial charge is 0.497 e. The summed E-state index contributed by atoms with van der Waals surface area (Å²) in [4.78, 5) is 16.7. The second-order valence-electron chi connectivity index (χ2n) is 5.53. The lowest BCUT2D eigenvalue weighted by atomic mass is 10.2. The SMILES string of the molecule is COc1cc(OC)c2nc(NC(=O)C=Cc3cc(Cl)cc(Cl)c3OC)sc2c1. The van der Waals surface area contributed by atoms with E-state index in [1.54, 1.807) is 38.5 Å². The number of hydrogen-bond acceptors (Lipinski definition) is 6. The quantitative estimate of drug-likeness (QED) is 0.530. The maximum Gasteiger partial charge on any atom is 0.250 e. The van der Waals surface area contributed by atoms with Crippen LogP contribution in [0.3, 0.4) is 0 Å². The molecule has 0 bridgehead atoms. The maximum absolute atomic E-state index is 12.3. The molecule has 0 atom stereocenters. The van der Waals surface area contributed by atoms with Gasteiger partial charge in [-0.2, -0.15) is 0 Å². The third kappa shape index (κ3) is 4.32. The van der Waals surface area contributed by atoms with Gasteiger partial charge in [-0.1, -0.05) is 34.5 Å². The first-order chi connectivity index (χ1) is 13.4. The summed E-state index contributed by atoms with van der Waals surface area (Å²) in [6.45, 7) is 0. The molecule has 1 amide bonds. The standard InChI is InChI=1S/C19H16Cl2N2O4S/c1-25-12-8-14(26-2)17-15(9-12)28-19(23-17)22-16(24)5-4-10-6-11(20)7-13(21)18(10)27-3/h4-9H,1-3H3,(H,22,23,24). The second-order valence-corrected chi connectivity index (χ2v) is 7.40. The third-order valence-corrected chi connectivity index (χ3v) is 5.19. The Morgan fingerprint density at radius 1 is 1.11 bits per heavy atom. The van der Waals surface area contributed by atoms with Crippen molar-refractivity contribution >= 4 is 61.9 Å². The maximum atomic E-state index is 12.3. The predicted octanol–water partition coefficient (Wildman–Crippen LogP) is 5.28. The number of aromatic nitrogens is 1. The van der Waals surface area contributed by atoms with Gasteiger partial charge in [0.1, 0.15) is 22.8 Å². The molecule has 1 heterocycles. The van der Waals surface area contributed by atoms with Crippen molar-refractivity contribution in [2.75, 3.05) is 26.6 Å². The molecular formula is C19H16Cl2N2O4S. The number of thiazole rings is 1. The Hall–Kier alpha value is -2.48. The fraction of sp³-hybridized carbons (Fsp3) is 0.158. The van der Waals surface area contributed by atoms with E-state index in [0.29, 0.717) is 43.5 Å². The molecule has 146 valence electrons. The van der Waals surface area contributed by atoms with Crippen LogP contribution in [0.15, 0.2) is 30.3 Å². The van der Waals surface area contributed by atoms with Gasteiger partial charge in [0.15, 0.2) is 5.13 Å². The topological polar surface area (TPSA) is 69.7 Å². The van der Waals surface area contributed by atoms with Crippen molar-refractivity contribution in [3.05, 3.63) is 46.0 Å². The van der Waals surface area contributed by atoms with Gasteiger partial charge in [0.05, 0.1) is 31.1 Å². The molecule has 0 radical (unpaired) electrons. The molecule has 2 aromatic carbocycles. The van der Waals surface area contributed by atoms with Crippen LogP contribution < -0.4 is 19.5 Å². The van der Waals surface area contributed by atoms with Gasteiger partial charge in [0.2, 0.25) is 5.91 Å². The smallest absolute Gasteiger partial charge is 0.250 e. The van der Waals surface area contributed by atoms with Crippen molar-refractivity contribution in [2.24, 2.45) is 0 Å². The van der Waals surface area contributed by atoms with Gasteiger partial charge in [-0.15, -0.1) is 0 Å². The van der Waals surface area contributed by atoms with Crippen LogP contribution in [0.4, 0.5) is 5.13 Å². The number of anilines is 1. The molecule has 0 spiro atoms. The number of carbonyl (C=O) groups excluding carboxylic acids is 1. The van der Waals surface area contributed by atoms with E-state index in [0.717, 1.165) is 4.70 Å². The number of benzene rings is 2.